The van der Waals surface area contributed by atoms with E-state index in [1.807, 2.05) is 0 Å². The number of amides is 2. The molecule has 0 heterocycles. The Bertz CT molecular complexity index is 952. The Morgan fingerprint density at radius 1 is 1.11 bits per heavy atom. The molecule has 0 fully saturated rings. The number of nitrogens with one attached hydrogen (secondary N) is 2. The lowest BCUT2D eigenvalue weighted by atomic mass is 10.2. The first-order chi connectivity index (χ1) is 13.2. The summed E-state index contributed by atoms with van der Waals surface area (Å²) in [6.45, 7) is 0.0787. The smallest absolute Gasteiger partial charge is 0.269 e. The van der Waals surface area contributed by atoms with Gasteiger partial charge in [0.25, 0.3) is 5.91 Å². The van der Waals surface area contributed by atoms with Gasteiger partial charge in [-0.25, -0.2) is 17.1 Å². The molecule has 0 aromatic heterocycles. The van der Waals surface area contributed by atoms with E-state index in [0.717, 1.165) is 16.4 Å². The van der Waals surface area contributed by atoms with Gasteiger partial charge in [0.2, 0.25) is 15.9 Å². The molecular formula is C18H19ClFN3O4S. The first kappa shape index (κ1) is 21.8. The van der Waals surface area contributed by atoms with Crippen molar-refractivity contribution in [3.05, 3.63) is 64.9 Å². The van der Waals surface area contributed by atoms with Crippen LogP contribution in [-0.2, 0) is 14.8 Å². The molecule has 0 radical (unpaired) electrons. The molecular weight excluding hydrogens is 409 g/mol. The van der Waals surface area contributed by atoms with Gasteiger partial charge in [-0.1, -0.05) is 17.7 Å². The zero-order valence-electron chi connectivity index (χ0n) is 15.0. The summed E-state index contributed by atoms with van der Waals surface area (Å²) in [5.74, 6) is -1.52. The van der Waals surface area contributed by atoms with Crippen molar-refractivity contribution in [3.63, 3.8) is 0 Å². The van der Waals surface area contributed by atoms with Gasteiger partial charge in [-0.05, 0) is 48.9 Å². The molecule has 2 N–H and O–H groups in total. The number of nitrogens with zero attached hydrogens (tertiary/aromatic N) is 1. The van der Waals surface area contributed by atoms with Crippen LogP contribution in [0.1, 0.15) is 23.2 Å². The lowest BCUT2D eigenvalue weighted by Crippen LogP contribution is -2.41. The van der Waals surface area contributed by atoms with Crippen LogP contribution >= 0.6 is 11.6 Å². The molecule has 7 nitrogen and oxygen atoms in total. The highest BCUT2D eigenvalue weighted by atomic mass is 35.5. The number of hydrazine groups is 1. The second-order valence-electron chi connectivity index (χ2n) is 5.90. The number of carbonyl (C=O) groups excluding carboxylic acids is 2. The molecule has 10 heteroatoms. The second-order valence-corrected chi connectivity index (χ2v) is 8.38. The summed E-state index contributed by atoms with van der Waals surface area (Å²) >= 11 is 5.80. The number of hydrogen-bond acceptors (Lipinski definition) is 4. The third-order valence-corrected chi connectivity index (χ3v) is 5.91. The van der Waals surface area contributed by atoms with E-state index in [9.17, 15) is 22.4 Å². The number of rotatable bonds is 7. The van der Waals surface area contributed by atoms with Crippen LogP contribution in [0, 0.1) is 5.82 Å². The van der Waals surface area contributed by atoms with Crippen molar-refractivity contribution in [3.8, 4) is 0 Å². The maximum Gasteiger partial charge on any atom is 0.269 e. The first-order valence-electron chi connectivity index (χ1n) is 8.27. The minimum Gasteiger partial charge on any atom is -0.273 e. The van der Waals surface area contributed by atoms with Crippen molar-refractivity contribution in [2.45, 2.75) is 17.7 Å². The standard InChI is InChI=1S/C18H19ClFN3O4S/c1-23(28(26,27)16-9-7-15(20)8-10-16)11-3-6-17(24)21-22-18(25)13-4-2-5-14(19)12-13/h2,4-5,7-10,12H,3,6,11H2,1H3,(H,21,24)(H,22,25). The quantitative estimate of drug-likeness (QED) is 0.663. The fourth-order valence-corrected chi connectivity index (χ4v) is 3.66. The lowest BCUT2D eigenvalue weighted by molar-refractivity contribution is -0.122. The predicted molar refractivity (Wildman–Crippen MR) is 103 cm³/mol. The Kier molecular flexibility index (Phi) is 7.50. The molecule has 0 saturated heterocycles. The average molecular weight is 428 g/mol. The molecule has 0 aliphatic carbocycles. The molecule has 0 spiro atoms. The van der Waals surface area contributed by atoms with Gasteiger partial charge in [0.1, 0.15) is 5.82 Å². The van der Waals surface area contributed by atoms with E-state index >= 15 is 0 Å². The van der Waals surface area contributed by atoms with Gasteiger partial charge in [0.05, 0.1) is 4.90 Å². The Morgan fingerprint density at radius 2 is 1.79 bits per heavy atom. The Labute approximate surface area is 167 Å². The molecule has 0 saturated carbocycles. The van der Waals surface area contributed by atoms with Crippen LogP contribution < -0.4 is 10.9 Å². The van der Waals surface area contributed by atoms with Crippen LogP contribution in [0.3, 0.4) is 0 Å². The van der Waals surface area contributed by atoms with Crippen LogP contribution in [0.5, 0.6) is 0 Å². The van der Waals surface area contributed by atoms with Crippen LogP contribution in [-0.4, -0.2) is 38.1 Å². The summed E-state index contributed by atoms with van der Waals surface area (Å²) < 4.78 is 38.7. The van der Waals surface area contributed by atoms with Gasteiger partial charge < -0.3 is 0 Å². The van der Waals surface area contributed by atoms with E-state index in [-0.39, 0.29) is 29.8 Å². The van der Waals surface area contributed by atoms with E-state index in [1.165, 1.54) is 25.2 Å². The van der Waals surface area contributed by atoms with Crippen molar-refractivity contribution in [1.82, 2.24) is 15.2 Å². The average Bonchev–Trinajstić information content (AvgIpc) is 2.66. The van der Waals surface area contributed by atoms with Gasteiger partial charge in [0.15, 0.2) is 0 Å². The first-order valence-corrected chi connectivity index (χ1v) is 10.1. The summed E-state index contributed by atoms with van der Waals surface area (Å²) in [4.78, 5) is 23.7. The third-order valence-electron chi connectivity index (χ3n) is 3.80. The summed E-state index contributed by atoms with van der Waals surface area (Å²) in [6.07, 6.45) is 0.231. The maximum absolute atomic E-state index is 12.9. The van der Waals surface area contributed by atoms with Gasteiger partial charge in [0, 0.05) is 30.6 Å². The SMILES string of the molecule is CN(CCCC(=O)NNC(=O)c1cccc(Cl)c1)S(=O)(=O)c1ccc(F)cc1. The highest BCUT2D eigenvalue weighted by Crippen LogP contribution is 2.15. The molecule has 2 rings (SSSR count). The molecule has 150 valence electrons. The largest absolute Gasteiger partial charge is 0.273 e. The molecule has 0 aliphatic heterocycles. The summed E-state index contributed by atoms with van der Waals surface area (Å²) in [5, 5.41) is 0.393. The predicted octanol–water partition coefficient (Wildman–Crippen LogP) is 2.34. The van der Waals surface area contributed by atoms with Crippen molar-refractivity contribution in [2.75, 3.05) is 13.6 Å². The second kappa shape index (κ2) is 9.63. The van der Waals surface area contributed by atoms with Crippen molar-refractivity contribution in [1.29, 1.82) is 0 Å². The van der Waals surface area contributed by atoms with Crippen molar-refractivity contribution in [2.24, 2.45) is 0 Å². The van der Waals surface area contributed by atoms with E-state index < -0.39 is 27.7 Å². The van der Waals surface area contributed by atoms with Crippen molar-refractivity contribution < 1.29 is 22.4 Å². The maximum atomic E-state index is 12.9. The van der Waals surface area contributed by atoms with E-state index in [4.69, 9.17) is 11.6 Å². The summed E-state index contributed by atoms with van der Waals surface area (Å²) in [6, 6.07) is 10.7. The number of hydrogen-bond donors (Lipinski definition) is 2. The van der Waals surface area contributed by atoms with E-state index in [0.29, 0.717) is 5.02 Å². The molecule has 2 aromatic carbocycles. The molecule has 0 atom stereocenters. The highest BCUT2D eigenvalue weighted by molar-refractivity contribution is 7.89. The number of carbonyl (C=O) groups is 2. The van der Waals surface area contributed by atoms with Gasteiger partial charge in [-0.15, -0.1) is 0 Å². The fraction of sp³-hybridized carbons (Fsp3) is 0.222. The van der Waals surface area contributed by atoms with Crippen molar-refractivity contribution >= 4 is 33.4 Å². The topological polar surface area (TPSA) is 95.6 Å². The van der Waals surface area contributed by atoms with E-state index in [2.05, 4.69) is 10.9 Å². The summed E-state index contributed by atoms with van der Waals surface area (Å²) in [5.41, 5.74) is 4.81. The minimum atomic E-state index is -3.77. The van der Waals surface area contributed by atoms with Crippen LogP contribution in [0.25, 0.3) is 0 Å². The molecule has 2 amide bonds. The number of benzene rings is 2. The third kappa shape index (κ3) is 6.01. The fourth-order valence-electron chi connectivity index (χ4n) is 2.26. The normalized spacial score (nSPS) is 11.3. The van der Waals surface area contributed by atoms with Crippen LogP contribution in [0.15, 0.2) is 53.4 Å². The Morgan fingerprint density at radius 3 is 2.43 bits per heavy atom. The van der Waals surface area contributed by atoms with Gasteiger partial charge >= 0.3 is 0 Å². The van der Waals surface area contributed by atoms with Crippen LogP contribution in [0.4, 0.5) is 4.39 Å². The molecule has 2 aromatic rings. The monoisotopic (exact) mass is 427 g/mol. The Hall–Kier alpha value is -2.49. The molecule has 0 unspecified atom stereocenters. The number of sulfonamides is 1. The minimum absolute atomic E-state index is 0.000889. The molecule has 28 heavy (non-hydrogen) atoms. The zero-order valence-corrected chi connectivity index (χ0v) is 16.6. The van der Waals surface area contributed by atoms with Gasteiger partial charge in [-0.2, -0.15) is 0 Å². The number of halogens is 2. The van der Waals surface area contributed by atoms with Gasteiger partial charge in [-0.3, -0.25) is 20.4 Å². The highest BCUT2D eigenvalue weighted by Gasteiger charge is 2.20. The lowest BCUT2D eigenvalue weighted by Gasteiger charge is -2.17. The van der Waals surface area contributed by atoms with E-state index in [1.54, 1.807) is 18.2 Å². The summed E-state index contributed by atoms with van der Waals surface area (Å²) in [7, 11) is -2.39. The molecule has 0 bridgehead atoms. The Balaban J connectivity index is 1.78. The zero-order chi connectivity index (χ0) is 20.7. The molecule has 0 aliphatic rings. The van der Waals surface area contributed by atoms with Crippen LogP contribution in [0.2, 0.25) is 5.02 Å².